The predicted molar refractivity (Wildman–Crippen MR) is 95.5 cm³/mol. The monoisotopic (exact) mass is 323 g/mol. The van der Waals surface area contributed by atoms with Gasteiger partial charge in [0.2, 0.25) is 0 Å². The van der Waals surface area contributed by atoms with Crippen molar-refractivity contribution in [3.8, 4) is 0 Å². The number of nitrogens with zero attached hydrogens (tertiary/aromatic N) is 1. The fraction of sp³-hybridized carbons (Fsp3) is 0.200. The molecule has 2 rings (SSSR count). The predicted octanol–water partition coefficient (Wildman–Crippen LogP) is 4.40. The summed E-state index contributed by atoms with van der Waals surface area (Å²) in [4.78, 5) is 17.2. The normalized spacial score (nSPS) is 12.8. The van der Waals surface area contributed by atoms with Crippen molar-refractivity contribution in [1.29, 1.82) is 0 Å². The zero-order valence-corrected chi connectivity index (χ0v) is 13.9. The number of esters is 1. The van der Waals surface area contributed by atoms with Crippen molar-refractivity contribution in [2.45, 2.75) is 20.0 Å². The summed E-state index contributed by atoms with van der Waals surface area (Å²) in [7, 11) is 0. The summed E-state index contributed by atoms with van der Waals surface area (Å²) in [6, 6.07) is 19.6. The molecular formula is C20H21NO3. The highest BCUT2D eigenvalue weighted by Crippen LogP contribution is 2.20. The van der Waals surface area contributed by atoms with Gasteiger partial charge in [0.05, 0.1) is 6.61 Å². The van der Waals surface area contributed by atoms with Crippen LogP contribution >= 0.6 is 0 Å². The van der Waals surface area contributed by atoms with E-state index >= 15 is 0 Å². The third-order valence-corrected chi connectivity index (χ3v) is 3.27. The number of benzene rings is 2. The highest BCUT2D eigenvalue weighted by atomic mass is 16.6. The molecule has 0 aliphatic rings. The van der Waals surface area contributed by atoms with Gasteiger partial charge >= 0.3 is 5.97 Å². The number of hydrogen-bond acceptors (Lipinski definition) is 4. The Hall–Kier alpha value is -2.88. The highest BCUT2D eigenvalue weighted by molar-refractivity contribution is 6.35. The summed E-state index contributed by atoms with van der Waals surface area (Å²) in [6.45, 7) is 3.63. The van der Waals surface area contributed by atoms with Gasteiger partial charge in [0, 0.05) is 0 Å². The number of carbonyl (C=O) groups excluding carboxylic acids is 1. The minimum Gasteiger partial charge on any atom is -0.461 e. The van der Waals surface area contributed by atoms with Gasteiger partial charge in [0.1, 0.15) is 0 Å². The van der Waals surface area contributed by atoms with Gasteiger partial charge in [-0.1, -0.05) is 71.9 Å². The molecular weight excluding hydrogens is 302 g/mol. The summed E-state index contributed by atoms with van der Waals surface area (Å²) >= 11 is 0. The summed E-state index contributed by atoms with van der Waals surface area (Å²) < 4.78 is 4.90. The van der Waals surface area contributed by atoms with Crippen LogP contribution in [0.25, 0.3) is 6.08 Å². The van der Waals surface area contributed by atoms with E-state index in [0.717, 1.165) is 11.1 Å². The van der Waals surface area contributed by atoms with Crippen LogP contribution < -0.4 is 0 Å². The molecule has 0 fully saturated rings. The van der Waals surface area contributed by atoms with Gasteiger partial charge in [-0.05, 0) is 31.1 Å². The van der Waals surface area contributed by atoms with Gasteiger partial charge < -0.3 is 9.57 Å². The van der Waals surface area contributed by atoms with Crippen molar-refractivity contribution in [3.63, 3.8) is 0 Å². The molecule has 0 heterocycles. The second kappa shape index (κ2) is 9.30. The summed E-state index contributed by atoms with van der Waals surface area (Å²) in [6.07, 6.45) is 3.48. The summed E-state index contributed by atoms with van der Waals surface area (Å²) in [5.74, 6) is -0.476. The average molecular weight is 323 g/mol. The molecule has 0 radical (unpaired) electrons. The zero-order valence-electron chi connectivity index (χ0n) is 13.9. The summed E-state index contributed by atoms with van der Waals surface area (Å²) in [5, 5.41) is 3.92. The van der Waals surface area contributed by atoms with E-state index in [9.17, 15) is 4.79 Å². The van der Waals surface area contributed by atoms with E-state index in [1.807, 2.05) is 72.8 Å². The molecule has 0 bridgehead atoms. The van der Waals surface area contributed by atoms with Gasteiger partial charge in [-0.3, -0.25) is 0 Å². The van der Waals surface area contributed by atoms with Crippen LogP contribution in [0.3, 0.4) is 0 Å². The minimum atomic E-state index is -0.476. The highest BCUT2D eigenvalue weighted by Gasteiger charge is 2.11. The molecule has 2 aromatic carbocycles. The second-order valence-electron chi connectivity index (χ2n) is 5.10. The zero-order chi connectivity index (χ0) is 17.2. The van der Waals surface area contributed by atoms with Crippen molar-refractivity contribution in [3.05, 3.63) is 77.9 Å². The fourth-order valence-corrected chi connectivity index (χ4v) is 2.02. The SMILES string of the molecule is CCOC(=O)/C(C)=N/O[C@@H](/C=C/c1ccccc1)c1ccccc1. The van der Waals surface area contributed by atoms with E-state index in [4.69, 9.17) is 9.57 Å². The van der Waals surface area contributed by atoms with E-state index in [1.54, 1.807) is 13.8 Å². The Kier molecular flexibility index (Phi) is 6.77. The molecule has 0 spiro atoms. The number of rotatable bonds is 7. The Morgan fingerprint density at radius 2 is 1.71 bits per heavy atom. The molecule has 124 valence electrons. The molecule has 0 aromatic heterocycles. The molecule has 0 aliphatic carbocycles. The molecule has 2 aromatic rings. The van der Waals surface area contributed by atoms with Gasteiger partial charge in [0.25, 0.3) is 0 Å². The molecule has 4 nitrogen and oxygen atoms in total. The Morgan fingerprint density at radius 3 is 2.33 bits per heavy atom. The summed E-state index contributed by atoms with van der Waals surface area (Å²) in [5.41, 5.74) is 2.20. The number of carbonyl (C=O) groups is 1. The first-order valence-electron chi connectivity index (χ1n) is 7.86. The second-order valence-corrected chi connectivity index (χ2v) is 5.10. The first-order chi connectivity index (χ1) is 11.7. The number of hydrogen-bond donors (Lipinski definition) is 0. The molecule has 4 heteroatoms. The topological polar surface area (TPSA) is 47.9 Å². The quantitative estimate of drug-likeness (QED) is 0.431. The van der Waals surface area contributed by atoms with E-state index in [1.165, 1.54) is 0 Å². The van der Waals surface area contributed by atoms with Gasteiger partial charge in [-0.2, -0.15) is 0 Å². The Labute approximate surface area is 142 Å². The Morgan fingerprint density at radius 1 is 1.08 bits per heavy atom. The number of oxime groups is 1. The van der Waals surface area contributed by atoms with Crippen LogP contribution in [0.2, 0.25) is 0 Å². The van der Waals surface area contributed by atoms with Crippen molar-refractivity contribution in [2.24, 2.45) is 5.16 Å². The molecule has 24 heavy (non-hydrogen) atoms. The van der Waals surface area contributed by atoms with Crippen LogP contribution in [0.15, 0.2) is 71.9 Å². The van der Waals surface area contributed by atoms with Crippen molar-refractivity contribution in [1.82, 2.24) is 0 Å². The Bertz CT molecular complexity index is 693. The molecule has 0 N–H and O–H groups in total. The van der Waals surface area contributed by atoms with Gasteiger partial charge in [-0.15, -0.1) is 0 Å². The molecule has 0 amide bonds. The van der Waals surface area contributed by atoms with E-state index in [-0.39, 0.29) is 5.71 Å². The molecule has 0 unspecified atom stereocenters. The van der Waals surface area contributed by atoms with E-state index < -0.39 is 12.1 Å². The fourth-order valence-electron chi connectivity index (χ4n) is 2.02. The van der Waals surface area contributed by atoms with Gasteiger partial charge in [0.15, 0.2) is 11.8 Å². The van der Waals surface area contributed by atoms with E-state index in [2.05, 4.69) is 5.16 Å². The Balaban J connectivity index is 2.16. The molecule has 0 saturated carbocycles. The molecule has 0 aliphatic heterocycles. The smallest absolute Gasteiger partial charge is 0.355 e. The lowest BCUT2D eigenvalue weighted by Crippen LogP contribution is -2.15. The number of ether oxygens (including phenoxy) is 1. The van der Waals surface area contributed by atoms with Crippen molar-refractivity contribution < 1.29 is 14.4 Å². The third-order valence-electron chi connectivity index (χ3n) is 3.27. The van der Waals surface area contributed by atoms with Crippen LogP contribution in [-0.2, 0) is 14.4 Å². The van der Waals surface area contributed by atoms with Crippen LogP contribution in [0.5, 0.6) is 0 Å². The van der Waals surface area contributed by atoms with Crippen LogP contribution in [-0.4, -0.2) is 18.3 Å². The van der Waals surface area contributed by atoms with Crippen LogP contribution in [0.4, 0.5) is 0 Å². The maximum Gasteiger partial charge on any atom is 0.355 e. The lowest BCUT2D eigenvalue weighted by atomic mass is 10.1. The van der Waals surface area contributed by atoms with Gasteiger partial charge in [-0.25, -0.2) is 4.79 Å². The maximum absolute atomic E-state index is 11.6. The standard InChI is InChI=1S/C20H21NO3/c1-3-23-20(22)16(2)21-24-19(18-12-8-5-9-13-18)15-14-17-10-6-4-7-11-17/h4-15,19H,3H2,1-2H3/b15-14+,21-16+/t19-/m0/s1. The van der Waals surface area contributed by atoms with Crippen LogP contribution in [0, 0.1) is 0 Å². The molecule has 1 atom stereocenters. The first-order valence-corrected chi connectivity index (χ1v) is 7.86. The third kappa shape index (κ3) is 5.39. The lowest BCUT2D eigenvalue weighted by Gasteiger charge is -2.12. The largest absolute Gasteiger partial charge is 0.461 e. The lowest BCUT2D eigenvalue weighted by molar-refractivity contribution is -0.135. The first kappa shape index (κ1) is 17.5. The average Bonchev–Trinajstić information content (AvgIpc) is 2.63. The van der Waals surface area contributed by atoms with Crippen LogP contribution in [0.1, 0.15) is 31.1 Å². The van der Waals surface area contributed by atoms with Crippen molar-refractivity contribution in [2.75, 3.05) is 6.61 Å². The maximum atomic E-state index is 11.6. The van der Waals surface area contributed by atoms with Crippen molar-refractivity contribution >= 4 is 17.8 Å². The minimum absolute atomic E-state index is 0.186. The van der Waals surface area contributed by atoms with E-state index in [0.29, 0.717) is 6.61 Å². The molecule has 0 saturated heterocycles.